The van der Waals surface area contributed by atoms with Gasteiger partial charge in [-0.3, -0.25) is 4.79 Å². The summed E-state index contributed by atoms with van der Waals surface area (Å²) in [4.78, 5) is 12.1. The van der Waals surface area contributed by atoms with Crippen molar-refractivity contribution in [2.75, 3.05) is 13.1 Å². The van der Waals surface area contributed by atoms with Crippen LogP contribution < -0.4 is 5.32 Å². The van der Waals surface area contributed by atoms with Gasteiger partial charge < -0.3 is 5.32 Å². The van der Waals surface area contributed by atoms with E-state index in [0.29, 0.717) is 6.42 Å². The zero-order valence-corrected chi connectivity index (χ0v) is 15.5. The zero-order chi connectivity index (χ0) is 16.0. The quantitative estimate of drug-likeness (QED) is 0.355. The average Bonchev–Trinajstić information content (AvgIpc) is 2.53. The molecule has 0 saturated carbocycles. The molecule has 0 bridgehead atoms. The number of Topliss-reactive ketones (excluding diaryl/α,β-unsaturated/α-hetero) is 1. The Morgan fingerprint density at radius 1 is 0.955 bits per heavy atom. The summed E-state index contributed by atoms with van der Waals surface area (Å²) in [6, 6.07) is 7.69. The van der Waals surface area contributed by atoms with Gasteiger partial charge in [0.05, 0.1) is 0 Å². The first kappa shape index (κ1) is 19.4. The third-order valence-electron chi connectivity index (χ3n) is 3.89. The molecule has 0 radical (unpaired) electrons. The number of benzene rings is 1. The molecule has 0 saturated heterocycles. The third kappa shape index (κ3) is 8.70. The summed E-state index contributed by atoms with van der Waals surface area (Å²) in [5, 5.41) is 3.50. The first-order valence-electron chi connectivity index (χ1n) is 8.74. The summed E-state index contributed by atoms with van der Waals surface area (Å²) < 4.78 is 0.910. The molecule has 22 heavy (non-hydrogen) atoms. The molecule has 0 spiro atoms. The van der Waals surface area contributed by atoms with E-state index in [0.717, 1.165) is 36.0 Å². The molecule has 1 rings (SSSR count). The van der Waals surface area contributed by atoms with Crippen molar-refractivity contribution in [1.29, 1.82) is 0 Å². The van der Waals surface area contributed by atoms with Crippen LogP contribution in [0.2, 0.25) is 0 Å². The fourth-order valence-corrected chi connectivity index (χ4v) is 3.02. The molecule has 1 aromatic rings. The first-order valence-corrected chi connectivity index (χ1v) is 9.53. The topological polar surface area (TPSA) is 29.1 Å². The van der Waals surface area contributed by atoms with Crippen molar-refractivity contribution in [2.45, 2.75) is 64.7 Å². The molecule has 0 aliphatic rings. The van der Waals surface area contributed by atoms with Crippen molar-refractivity contribution in [3.63, 3.8) is 0 Å². The lowest BCUT2D eigenvalue weighted by atomic mass is 10.0. The molecular weight excluding hydrogens is 338 g/mol. The maximum atomic E-state index is 12.1. The van der Waals surface area contributed by atoms with Crippen LogP contribution in [0.15, 0.2) is 28.7 Å². The Kier molecular flexibility index (Phi) is 11.3. The smallest absolute Gasteiger partial charge is 0.164 e. The van der Waals surface area contributed by atoms with Crippen molar-refractivity contribution in [2.24, 2.45) is 0 Å². The average molecular weight is 368 g/mol. The summed E-state index contributed by atoms with van der Waals surface area (Å²) in [6.07, 6.45) is 10.5. The highest BCUT2D eigenvalue weighted by Gasteiger charge is 2.08. The van der Waals surface area contributed by atoms with Crippen LogP contribution in [0.25, 0.3) is 0 Å². The Bertz CT molecular complexity index is 420. The van der Waals surface area contributed by atoms with Gasteiger partial charge in [-0.1, -0.05) is 73.2 Å². The minimum absolute atomic E-state index is 0.251. The Balaban J connectivity index is 1.95. The number of ketones is 1. The number of halogens is 1. The lowest BCUT2D eigenvalue weighted by Crippen LogP contribution is -2.16. The molecular formula is C19H30BrNO. The van der Waals surface area contributed by atoms with Gasteiger partial charge in [0.1, 0.15) is 0 Å². The van der Waals surface area contributed by atoms with E-state index in [1.165, 1.54) is 38.5 Å². The second-order valence-electron chi connectivity index (χ2n) is 5.88. The highest BCUT2D eigenvalue weighted by atomic mass is 79.9. The van der Waals surface area contributed by atoms with Crippen molar-refractivity contribution in [1.82, 2.24) is 5.32 Å². The molecule has 1 aromatic carbocycles. The molecule has 2 nitrogen and oxygen atoms in total. The van der Waals surface area contributed by atoms with E-state index >= 15 is 0 Å². The normalized spacial score (nSPS) is 10.8. The first-order chi connectivity index (χ1) is 10.8. The molecule has 0 heterocycles. The van der Waals surface area contributed by atoms with Crippen molar-refractivity contribution in [3.8, 4) is 0 Å². The van der Waals surface area contributed by atoms with Gasteiger partial charge in [-0.15, -0.1) is 0 Å². The number of carbonyl (C=O) groups excluding carboxylic acids is 1. The van der Waals surface area contributed by atoms with Gasteiger partial charge >= 0.3 is 0 Å². The Morgan fingerprint density at radius 3 is 2.27 bits per heavy atom. The third-order valence-corrected chi connectivity index (χ3v) is 4.58. The molecule has 0 aliphatic heterocycles. The number of carbonyl (C=O) groups is 1. The van der Waals surface area contributed by atoms with E-state index in [1.54, 1.807) is 0 Å². The summed E-state index contributed by atoms with van der Waals surface area (Å²) in [5.74, 6) is 0.251. The molecule has 0 atom stereocenters. The predicted molar refractivity (Wildman–Crippen MR) is 98.6 cm³/mol. The highest BCUT2D eigenvalue weighted by Crippen LogP contribution is 2.18. The van der Waals surface area contributed by atoms with Crippen LogP contribution in [0.4, 0.5) is 0 Å². The molecule has 124 valence electrons. The zero-order valence-electron chi connectivity index (χ0n) is 13.9. The van der Waals surface area contributed by atoms with Crippen LogP contribution in [0.5, 0.6) is 0 Å². The van der Waals surface area contributed by atoms with Crippen molar-refractivity contribution >= 4 is 21.7 Å². The summed E-state index contributed by atoms with van der Waals surface area (Å²) in [7, 11) is 0. The van der Waals surface area contributed by atoms with Gasteiger partial charge in [0.2, 0.25) is 0 Å². The van der Waals surface area contributed by atoms with E-state index < -0.39 is 0 Å². The lowest BCUT2D eigenvalue weighted by Gasteiger charge is -2.05. The second kappa shape index (κ2) is 12.8. The molecule has 1 N–H and O–H groups in total. The van der Waals surface area contributed by atoms with Gasteiger partial charge in [0.25, 0.3) is 0 Å². The molecule has 3 heteroatoms. The summed E-state index contributed by atoms with van der Waals surface area (Å²) in [5.41, 5.74) is 0.816. The Labute approximate surface area is 144 Å². The number of nitrogens with one attached hydrogen (secondary N) is 1. The van der Waals surface area contributed by atoms with E-state index in [2.05, 4.69) is 28.2 Å². The Morgan fingerprint density at radius 2 is 1.59 bits per heavy atom. The maximum absolute atomic E-state index is 12.1. The van der Waals surface area contributed by atoms with Crippen molar-refractivity contribution < 1.29 is 4.79 Å². The monoisotopic (exact) mass is 367 g/mol. The summed E-state index contributed by atoms with van der Waals surface area (Å²) >= 11 is 3.44. The van der Waals surface area contributed by atoms with E-state index in [9.17, 15) is 4.79 Å². The van der Waals surface area contributed by atoms with Gasteiger partial charge in [0.15, 0.2) is 5.78 Å². The minimum Gasteiger partial charge on any atom is -0.317 e. The van der Waals surface area contributed by atoms with Crippen LogP contribution in [0, 0.1) is 0 Å². The number of hydrogen-bond donors (Lipinski definition) is 1. The van der Waals surface area contributed by atoms with Gasteiger partial charge in [0, 0.05) is 16.5 Å². The largest absolute Gasteiger partial charge is 0.317 e. The van der Waals surface area contributed by atoms with Crippen molar-refractivity contribution in [3.05, 3.63) is 34.3 Å². The lowest BCUT2D eigenvalue weighted by molar-refractivity contribution is 0.0978. The molecule has 0 amide bonds. The van der Waals surface area contributed by atoms with Gasteiger partial charge in [-0.25, -0.2) is 0 Å². The fourth-order valence-electron chi connectivity index (χ4n) is 2.51. The Hall–Kier alpha value is -0.670. The highest BCUT2D eigenvalue weighted by molar-refractivity contribution is 9.10. The fraction of sp³-hybridized carbons (Fsp3) is 0.632. The van der Waals surface area contributed by atoms with Crippen LogP contribution in [-0.2, 0) is 0 Å². The standard InChI is InChI=1S/C19H30BrNO/c1-2-3-4-10-15-21-16-11-6-5-7-14-19(22)17-12-8-9-13-18(17)20/h8-9,12-13,21H,2-7,10-11,14-16H2,1H3. The van der Waals surface area contributed by atoms with Crippen LogP contribution >= 0.6 is 15.9 Å². The predicted octanol–water partition coefficient (Wildman–Crippen LogP) is 5.75. The number of hydrogen-bond acceptors (Lipinski definition) is 2. The molecule has 0 fully saturated rings. The molecule has 0 aliphatic carbocycles. The SMILES string of the molecule is CCCCCCNCCCCCCC(=O)c1ccccc1Br. The number of rotatable bonds is 13. The van der Waals surface area contributed by atoms with Gasteiger partial charge in [-0.05, 0) is 38.4 Å². The van der Waals surface area contributed by atoms with E-state index in [4.69, 9.17) is 0 Å². The van der Waals surface area contributed by atoms with E-state index in [-0.39, 0.29) is 5.78 Å². The number of unbranched alkanes of at least 4 members (excludes halogenated alkanes) is 6. The minimum atomic E-state index is 0.251. The summed E-state index contributed by atoms with van der Waals surface area (Å²) in [6.45, 7) is 4.51. The van der Waals surface area contributed by atoms with Gasteiger partial charge in [-0.2, -0.15) is 0 Å². The molecule has 0 aromatic heterocycles. The van der Waals surface area contributed by atoms with E-state index in [1.807, 2.05) is 24.3 Å². The van der Waals surface area contributed by atoms with Crippen LogP contribution in [0.1, 0.15) is 75.1 Å². The van der Waals surface area contributed by atoms with Crippen LogP contribution in [0.3, 0.4) is 0 Å². The van der Waals surface area contributed by atoms with Crippen LogP contribution in [-0.4, -0.2) is 18.9 Å². The second-order valence-corrected chi connectivity index (χ2v) is 6.73. The maximum Gasteiger partial charge on any atom is 0.164 e. The molecule has 0 unspecified atom stereocenters.